The second-order valence-corrected chi connectivity index (χ2v) is 6.96. The van der Waals surface area contributed by atoms with Gasteiger partial charge < -0.3 is 9.47 Å². The van der Waals surface area contributed by atoms with Crippen molar-refractivity contribution in [3.05, 3.63) is 29.8 Å². The van der Waals surface area contributed by atoms with Crippen LogP contribution >= 0.6 is 11.8 Å². The van der Waals surface area contributed by atoms with Crippen LogP contribution in [0.3, 0.4) is 0 Å². The Kier molecular flexibility index (Phi) is 7.04. The molecule has 3 nitrogen and oxygen atoms in total. The molecule has 0 radical (unpaired) electrons. The highest BCUT2D eigenvalue weighted by molar-refractivity contribution is 7.99. The van der Waals surface area contributed by atoms with Gasteiger partial charge in [-0.15, -0.1) is 11.8 Å². The summed E-state index contributed by atoms with van der Waals surface area (Å²) in [6.45, 7) is 11.1. The molecular weight excluding hydrogens is 282 g/mol. The van der Waals surface area contributed by atoms with Gasteiger partial charge in [-0.2, -0.15) is 0 Å². The van der Waals surface area contributed by atoms with Gasteiger partial charge in [-0.25, -0.2) is 0 Å². The highest BCUT2D eigenvalue weighted by Crippen LogP contribution is 2.17. The fourth-order valence-electron chi connectivity index (χ4n) is 2.62. The Morgan fingerprint density at radius 3 is 2.48 bits per heavy atom. The number of rotatable bonds is 7. The molecule has 0 spiro atoms. The van der Waals surface area contributed by atoms with Gasteiger partial charge in [0, 0.05) is 30.3 Å². The van der Waals surface area contributed by atoms with Gasteiger partial charge >= 0.3 is 0 Å². The Morgan fingerprint density at radius 1 is 1.14 bits per heavy atom. The van der Waals surface area contributed by atoms with Crippen molar-refractivity contribution in [3.8, 4) is 0 Å². The molecule has 1 heterocycles. The van der Waals surface area contributed by atoms with Crippen molar-refractivity contribution >= 4 is 11.8 Å². The minimum atomic E-state index is 0.339. The van der Waals surface area contributed by atoms with Gasteiger partial charge in [0.25, 0.3) is 0 Å². The molecule has 118 valence electrons. The minimum absolute atomic E-state index is 0.339. The highest BCUT2D eigenvalue weighted by atomic mass is 32.2. The van der Waals surface area contributed by atoms with Gasteiger partial charge in [-0.05, 0) is 32.9 Å². The zero-order chi connectivity index (χ0) is 15.1. The molecule has 1 aliphatic rings. The summed E-state index contributed by atoms with van der Waals surface area (Å²) < 4.78 is 11.5. The zero-order valence-corrected chi connectivity index (χ0v) is 14.2. The lowest BCUT2D eigenvalue weighted by atomic mass is 10.2. The molecule has 4 heteroatoms. The van der Waals surface area contributed by atoms with Gasteiger partial charge in [0.15, 0.2) is 0 Å². The normalized spacial score (nSPS) is 23.4. The van der Waals surface area contributed by atoms with Crippen molar-refractivity contribution in [1.29, 1.82) is 0 Å². The van der Waals surface area contributed by atoms with E-state index in [0.29, 0.717) is 12.2 Å². The number of nitrogens with zero attached hydrogens (tertiary/aromatic N) is 1. The molecule has 1 aromatic rings. The van der Waals surface area contributed by atoms with Crippen LogP contribution in [-0.2, 0) is 9.47 Å². The Hall–Kier alpha value is -0.550. The maximum Gasteiger partial charge on any atom is 0.0678 e. The van der Waals surface area contributed by atoms with Crippen molar-refractivity contribution < 1.29 is 9.47 Å². The van der Waals surface area contributed by atoms with E-state index < -0.39 is 0 Å². The SMILES string of the molecule is Cc1ccc(SCCOCCN2C[C@H](C)O[C@@H](C)C2)cc1. The predicted molar refractivity (Wildman–Crippen MR) is 89.2 cm³/mol. The van der Waals surface area contributed by atoms with Crippen LogP contribution in [-0.4, -0.2) is 55.7 Å². The summed E-state index contributed by atoms with van der Waals surface area (Å²) in [5.41, 5.74) is 1.31. The van der Waals surface area contributed by atoms with E-state index in [-0.39, 0.29) is 0 Å². The van der Waals surface area contributed by atoms with Crippen molar-refractivity contribution in [2.24, 2.45) is 0 Å². The van der Waals surface area contributed by atoms with Gasteiger partial charge in [-0.3, -0.25) is 4.90 Å². The Morgan fingerprint density at radius 2 is 1.81 bits per heavy atom. The molecule has 2 atom stereocenters. The third-order valence-electron chi connectivity index (χ3n) is 3.56. The molecule has 0 bridgehead atoms. The number of hydrogen-bond acceptors (Lipinski definition) is 4. The van der Waals surface area contributed by atoms with E-state index >= 15 is 0 Å². The van der Waals surface area contributed by atoms with Crippen LogP contribution in [0.4, 0.5) is 0 Å². The zero-order valence-electron chi connectivity index (χ0n) is 13.4. The Labute approximate surface area is 133 Å². The highest BCUT2D eigenvalue weighted by Gasteiger charge is 2.21. The molecule has 0 N–H and O–H groups in total. The molecule has 1 saturated heterocycles. The summed E-state index contributed by atoms with van der Waals surface area (Å²) in [5.74, 6) is 1.01. The first kappa shape index (κ1) is 16.8. The summed E-state index contributed by atoms with van der Waals surface area (Å²) in [6, 6.07) is 8.67. The first-order valence-corrected chi connectivity index (χ1v) is 8.77. The third kappa shape index (κ3) is 6.39. The second kappa shape index (κ2) is 8.79. The monoisotopic (exact) mass is 309 g/mol. The number of aryl methyl sites for hydroxylation is 1. The van der Waals surface area contributed by atoms with Crippen molar-refractivity contribution in [3.63, 3.8) is 0 Å². The fourth-order valence-corrected chi connectivity index (χ4v) is 3.38. The van der Waals surface area contributed by atoms with Crippen LogP contribution in [0.15, 0.2) is 29.2 Å². The summed E-state index contributed by atoms with van der Waals surface area (Å²) in [4.78, 5) is 3.76. The second-order valence-electron chi connectivity index (χ2n) is 5.79. The molecular formula is C17H27NO2S. The molecule has 0 aliphatic carbocycles. The van der Waals surface area contributed by atoms with Crippen LogP contribution in [0.25, 0.3) is 0 Å². The van der Waals surface area contributed by atoms with E-state index in [1.165, 1.54) is 10.5 Å². The maximum absolute atomic E-state index is 5.75. The topological polar surface area (TPSA) is 21.7 Å². The van der Waals surface area contributed by atoms with E-state index in [0.717, 1.165) is 38.6 Å². The summed E-state index contributed by atoms with van der Waals surface area (Å²) in [5, 5.41) is 0. The molecule has 0 aromatic heterocycles. The van der Waals surface area contributed by atoms with Crippen molar-refractivity contribution in [2.75, 3.05) is 38.6 Å². The number of hydrogen-bond donors (Lipinski definition) is 0. The lowest BCUT2D eigenvalue weighted by molar-refractivity contribution is -0.0726. The molecule has 0 amide bonds. The number of thioether (sulfide) groups is 1. The first-order chi connectivity index (χ1) is 10.1. The lowest BCUT2D eigenvalue weighted by Gasteiger charge is -2.35. The van der Waals surface area contributed by atoms with E-state index in [1.54, 1.807) is 0 Å². The van der Waals surface area contributed by atoms with E-state index in [2.05, 4.69) is 49.9 Å². The molecule has 0 saturated carbocycles. The smallest absolute Gasteiger partial charge is 0.0678 e. The standard InChI is InChI=1S/C17H27NO2S/c1-14-4-6-17(7-5-14)21-11-10-19-9-8-18-12-15(2)20-16(3)13-18/h4-7,15-16H,8-13H2,1-3H3/t15-,16-/m0/s1. The predicted octanol–water partition coefficient (Wildman–Crippen LogP) is 3.21. The quantitative estimate of drug-likeness (QED) is 0.569. The van der Waals surface area contributed by atoms with Crippen LogP contribution in [0.2, 0.25) is 0 Å². The summed E-state index contributed by atoms with van der Waals surface area (Å²) in [7, 11) is 0. The fraction of sp³-hybridized carbons (Fsp3) is 0.647. The van der Waals surface area contributed by atoms with Crippen molar-refractivity contribution in [2.45, 2.75) is 37.9 Å². The molecule has 21 heavy (non-hydrogen) atoms. The minimum Gasteiger partial charge on any atom is -0.379 e. The van der Waals surface area contributed by atoms with E-state index in [9.17, 15) is 0 Å². The van der Waals surface area contributed by atoms with Gasteiger partial charge in [0.2, 0.25) is 0 Å². The molecule has 0 unspecified atom stereocenters. The molecule has 1 aliphatic heterocycles. The van der Waals surface area contributed by atoms with Gasteiger partial charge in [0.05, 0.1) is 25.4 Å². The van der Waals surface area contributed by atoms with Crippen LogP contribution in [0.5, 0.6) is 0 Å². The molecule has 1 fully saturated rings. The third-order valence-corrected chi connectivity index (χ3v) is 4.54. The van der Waals surface area contributed by atoms with Crippen LogP contribution < -0.4 is 0 Å². The van der Waals surface area contributed by atoms with Gasteiger partial charge in [-0.1, -0.05) is 17.7 Å². The van der Waals surface area contributed by atoms with E-state index in [4.69, 9.17) is 9.47 Å². The van der Waals surface area contributed by atoms with Gasteiger partial charge in [0.1, 0.15) is 0 Å². The average molecular weight is 309 g/mol. The molecule has 1 aromatic carbocycles. The summed E-state index contributed by atoms with van der Waals surface area (Å²) >= 11 is 1.86. The van der Waals surface area contributed by atoms with Crippen molar-refractivity contribution in [1.82, 2.24) is 4.90 Å². The maximum atomic E-state index is 5.75. The first-order valence-electron chi connectivity index (χ1n) is 7.78. The van der Waals surface area contributed by atoms with E-state index in [1.807, 2.05) is 11.8 Å². The largest absolute Gasteiger partial charge is 0.379 e. The average Bonchev–Trinajstić information content (AvgIpc) is 2.43. The lowest BCUT2D eigenvalue weighted by Crippen LogP contribution is -2.46. The summed E-state index contributed by atoms with van der Waals surface area (Å²) in [6.07, 6.45) is 0.677. The Bertz CT molecular complexity index is 400. The number of ether oxygens (including phenoxy) is 2. The number of benzene rings is 1. The Balaban J connectivity index is 1.53. The molecule has 2 rings (SSSR count). The van der Waals surface area contributed by atoms with Crippen LogP contribution in [0.1, 0.15) is 19.4 Å². The number of morpholine rings is 1. The van der Waals surface area contributed by atoms with Crippen LogP contribution in [0, 0.1) is 6.92 Å².